The van der Waals surface area contributed by atoms with Gasteiger partial charge in [0.1, 0.15) is 0 Å². The van der Waals surface area contributed by atoms with Gasteiger partial charge in [0.05, 0.1) is 16.7 Å². The largest absolute Gasteiger partial charge is 0.310 e. The van der Waals surface area contributed by atoms with E-state index in [9.17, 15) is 0 Å². The van der Waals surface area contributed by atoms with E-state index in [1.807, 2.05) is 12.3 Å². The van der Waals surface area contributed by atoms with Gasteiger partial charge in [0.2, 0.25) is 0 Å². The fourth-order valence-electron chi connectivity index (χ4n) is 12.1. The van der Waals surface area contributed by atoms with Crippen LogP contribution in [-0.4, -0.2) is 20.8 Å². The van der Waals surface area contributed by atoms with Crippen LogP contribution in [0.2, 0.25) is 0 Å². The third kappa shape index (κ3) is 5.30. The van der Waals surface area contributed by atoms with Crippen molar-refractivity contribution < 1.29 is 0 Å². The molecule has 0 saturated heterocycles. The molecule has 0 bridgehead atoms. The number of rotatable bonds is 3. The van der Waals surface area contributed by atoms with Crippen molar-refractivity contribution in [1.82, 2.24) is 14.1 Å². The minimum Gasteiger partial charge on any atom is -0.310 e. The van der Waals surface area contributed by atoms with Gasteiger partial charge in [-0.2, -0.15) is 0 Å². The van der Waals surface area contributed by atoms with Gasteiger partial charge >= 0.3 is 0 Å². The molecule has 294 valence electrons. The van der Waals surface area contributed by atoms with Gasteiger partial charge in [-0.05, 0) is 148 Å². The Morgan fingerprint density at radius 2 is 1.02 bits per heavy atom. The molecule has 5 heterocycles. The number of pyridine rings is 1. The normalized spacial score (nSPS) is 17.2. The highest BCUT2D eigenvalue weighted by Gasteiger charge is 2.42. The molecule has 2 aliphatic carbocycles. The molecule has 2 saturated carbocycles. The van der Waals surface area contributed by atoms with Gasteiger partial charge in [-0.25, -0.2) is 0 Å². The van der Waals surface area contributed by atoms with Crippen LogP contribution in [0.15, 0.2) is 97.2 Å². The number of benzene rings is 5. The van der Waals surface area contributed by atoms with Crippen LogP contribution in [0.3, 0.4) is 0 Å². The third-order valence-electron chi connectivity index (χ3n) is 15.2. The van der Waals surface area contributed by atoms with Gasteiger partial charge < -0.3 is 9.13 Å². The second-order valence-electron chi connectivity index (χ2n) is 20.9. The molecule has 2 aliphatic heterocycles. The van der Waals surface area contributed by atoms with Crippen molar-refractivity contribution in [1.29, 1.82) is 0 Å². The summed E-state index contributed by atoms with van der Waals surface area (Å²) in [6.07, 6.45) is 15.2. The summed E-state index contributed by atoms with van der Waals surface area (Å²) >= 11 is 0. The molecule has 2 fully saturated rings. The number of hydrogen-bond donors (Lipinski definition) is 0. The first-order chi connectivity index (χ1) is 28.5. The van der Waals surface area contributed by atoms with Crippen molar-refractivity contribution in [2.24, 2.45) is 0 Å². The van der Waals surface area contributed by atoms with E-state index < -0.39 is 0 Å². The van der Waals surface area contributed by atoms with E-state index in [1.165, 1.54) is 152 Å². The molecule has 0 radical (unpaired) electrons. The van der Waals surface area contributed by atoms with Crippen molar-refractivity contribution in [3.8, 4) is 22.6 Å². The maximum Gasteiger partial charge on any atom is 0.252 e. The molecule has 4 heteroatoms. The summed E-state index contributed by atoms with van der Waals surface area (Å²) in [7, 11) is 0. The topological polar surface area (TPSA) is 22.8 Å². The standard InChI is InChI=1S/C55H56BN3/c1-54(2,3)38-20-22-47-40(31-38)42-25-35(33-15-9-7-10-16-33)27-44-52(42)58(47)49-29-37(46-19-13-14-24-57-46)30-50-51(49)56(44)45-28-36(34-17-11-8-12-18-34)26-43-41-32-39(55(4,5)6)21-23-48(41)59(50)53(43)45/h13-14,19-34H,7-12,15-18H2,1-6H3. The van der Waals surface area contributed by atoms with Gasteiger partial charge in [-0.3, -0.25) is 4.98 Å². The molecule has 4 aliphatic rings. The molecule has 0 spiro atoms. The maximum atomic E-state index is 4.98. The molecule has 12 rings (SSSR count). The van der Waals surface area contributed by atoms with E-state index in [4.69, 9.17) is 4.98 Å². The number of fused-ring (bicyclic) bond motifs is 10. The molecule has 3 aromatic heterocycles. The highest BCUT2D eigenvalue weighted by Crippen LogP contribution is 2.45. The molecule has 0 N–H and O–H groups in total. The van der Waals surface area contributed by atoms with Gasteiger partial charge in [0, 0.05) is 55.7 Å². The van der Waals surface area contributed by atoms with E-state index in [0.717, 1.165) is 5.69 Å². The van der Waals surface area contributed by atoms with Gasteiger partial charge in [-0.15, -0.1) is 0 Å². The molecular formula is C55H56BN3. The summed E-state index contributed by atoms with van der Waals surface area (Å²) in [5, 5.41) is 5.64. The van der Waals surface area contributed by atoms with Crippen LogP contribution in [0.4, 0.5) is 0 Å². The molecule has 0 amide bonds. The highest BCUT2D eigenvalue weighted by molar-refractivity contribution is 7.00. The van der Waals surface area contributed by atoms with Gasteiger partial charge in [0.15, 0.2) is 0 Å². The van der Waals surface area contributed by atoms with Crippen molar-refractivity contribution in [2.45, 2.75) is 128 Å². The smallest absolute Gasteiger partial charge is 0.252 e. The fourth-order valence-corrected chi connectivity index (χ4v) is 12.1. The molecule has 3 nitrogen and oxygen atoms in total. The Morgan fingerprint density at radius 1 is 0.525 bits per heavy atom. The average Bonchev–Trinajstić information content (AvgIpc) is 3.76. The lowest BCUT2D eigenvalue weighted by molar-refractivity contribution is 0.444. The Labute approximate surface area is 349 Å². The van der Waals surface area contributed by atoms with Crippen molar-refractivity contribution in [3.63, 3.8) is 0 Å². The highest BCUT2D eigenvalue weighted by atomic mass is 15.0. The SMILES string of the molecule is CC(C)(C)c1ccc2c(c1)c1cc(C3CCCCC3)cc3c1n2-c1cc(-c2ccccn2)cc2c1B3c1cc(C3CCCCC3)cc3c4cc(C(C)(C)C)ccc4n-2c13. The molecule has 8 aromatic rings. The van der Waals surface area contributed by atoms with Crippen molar-refractivity contribution >= 4 is 66.7 Å². The molecular weight excluding hydrogens is 713 g/mol. The zero-order valence-electron chi connectivity index (χ0n) is 35.9. The van der Waals surface area contributed by atoms with Crippen LogP contribution >= 0.6 is 0 Å². The van der Waals surface area contributed by atoms with Crippen LogP contribution in [0.5, 0.6) is 0 Å². The number of aromatic nitrogens is 3. The first-order valence-corrected chi connectivity index (χ1v) is 22.9. The lowest BCUT2D eigenvalue weighted by Crippen LogP contribution is -2.59. The Kier molecular flexibility index (Phi) is 7.72. The average molecular weight is 770 g/mol. The summed E-state index contributed by atoms with van der Waals surface area (Å²) in [5.41, 5.74) is 20.7. The maximum absolute atomic E-state index is 4.98. The second kappa shape index (κ2) is 12.7. The summed E-state index contributed by atoms with van der Waals surface area (Å²) in [6, 6.07) is 36.8. The number of nitrogens with zero attached hydrogens (tertiary/aromatic N) is 3. The van der Waals surface area contributed by atoms with E-state index in [0.29, 0.717) is 11.8 Å². The van der Waals surface area contributed by atoms with Gasteiger partial charge in [0.25, 0.3) is 6.71 Å². The minimum absolute atomic E-state index is 0.0535. The first kappa shape index (κ1) is 35.8. The zero-order chi connectivity index (χ0) is 39.9. The lowest BCUT2D eigenvalue weighted by atomic mass is 9.34. The number of hydrogen-bond acceptors (Lipinski definition) is 1. The minimum atomic E-state index is 0.0535. The van der Waals surface area contributed by atoms with Crippen LogP contribution in [0.1, 0.15) is 140 Å². The Morgan fingerprint density at radius 3 is 1.46 bits per heavy atom. The van der Waals surface area contributed by atoms with Gasteiger partial charge in [-0.1, -0.05) is 110 Å². The summed E-state index contributed by atoms with van der Waals surface area (Å²) in [6.45, 7) is 14.3. The van der Waals surface area contributed by atoms with Crippen molar-refractivity contribution in [3.05, 3.63) is 119 Å². The van der Waals surface area contributed by atoms with Crippen LogP contribution < -0.4 is 16.4 Å². The van der Waals surface area contributed by atoms with Crippen LogP contribution in [0.25, 0.3) is 66.2 Å². The Bertz CT molecular complexity index is 2840. The lowest BCUT2D eigenvalue weighted by Gasteiger charge is -2.35. The second-order valence-corrected chi connectivity index (χ2v) is 20.9. The quantitative estimate of drug-likeness (QED) is 0.164. The fraction of sp³-hybridized carbons (Fsp3) is 0.364. The first-order valence-electron chi connectivity index (χ1n) is 22.9. The van der Waals surface area contributed by atoms with Crippen LogP contribution in [-0.2, 0) is 10.8 Å². The molecule has 0 atom stereocenters. The zero-order valence-corrected chi connectivity index (χ0v) is 35.9. The summed E-state index contributed by atoms with van der Waals surface area (Å²) < 4.78 is 5.35. The Hall–Kier alpha value is -5.09. The molecule has 0 unspecified atom stereocenters. The van der Waals surface area contributed by atoms with E-state index in [2.05, 4.69) is 136 Å². The van der Waals surface area contributed by atoms with E-state index >= 15 is 0 Å². The molecule has 5 aromatic carbocycles. The van der Waals surface area contributed by atoms with E-state index in [1.54, 1.807) is 11.1 Å². The predicted octanol–water partition coefficient (Wildman–Crippen LogP) is 12.8. The van der Waals surface area contributed by atoms with Crippen LogP contribution in [0, 0.1) is 0 Å². The summed E-state index contributed by atoms with van der Waals surface area (Å²) in [5.74, 6) is 1.22. The monoisotopic (exact) mass is 769 g/mol. The Balaban J connectivity index is 1.27. The van der Waals surface area contributed by atoms with E-state index in [-0.39, 0.29) is 17.5 Å². The predicted molar refractivity (Wildman–Crippen MR) is 252 cm³/mol. The van der Waals surface area contributed by atoms with Crippen molar-refractivity contribution in [2.75, 3.05) is 0 Å². The summed E-state index contributed by atoms with van der Waals surface area (Å²) in [4.78, 5) is 4.98. The molecule has 59 heavy (non-hydrogen) atoms. The third-order valence-corrected chi connectivity index (χ3v) is 15.2.